The van der Waals surface area contributed by atoms with Crippen molar-refractivity contribution in [2.75, 3.05) is 0 Å². The van der Waals surface area contributed by atoms with Crippen molar-refractivity contribution in [3.8, 4) is 5.75 Å². The molecule has 0 aromatic heterocycles. The highest BCUT2D eigenvalue weighted by Gasteiger charge is 1.99. The second-order valence-electron chi connectivity index (χ2n) is 4.55. The molecule has 19 heavy (non-hydrogen) atoms. The van der Waals surface area contributed by atoms with Gasteiger partial charge < -0.3 is 4.74 Å². The van der Waals surface area contributed by atoms with E-state index in [9.17, 15) is 4.39 Å². The van der Waals surface area contributed by atoms with Crippen molar-refractivity contribution in [3.63, 3.8) is 0 Å². The van der Waals surface area contributed by atoms with Crippen molar-refractivity contribution in [2.24, 2.45) is 0 Å². The minimum absolute atomic E-state index is 0.544. The van der Waals surface area contributed by atoms with E-state index in [1.54, 1.807) is 6.92 Å². The van der Waals surface area contributed by atoms with Crippen molar-refractivity contribution in [2.45, 2.75) is 20.0 Å². The monoisotopic (exact) mass is 256 g/mol. The van der Waals surface area contributed by atoms with Crippen molar-refractivity contribution >= 4 is 0 Å². The van der Waals surface area contributed by atoms with Gasteiger partial charge >= 0.3 is 0 Å². The molecule has 0 fully saturated rings. The molecule has 0 atom stereocenters. The van der Waals surface area contributed by atoms with Crippen LogP contribution < -0.4 is 4.74 Å². The zero-order chi connectivity index (χ0) is 13.5. The van der Waals surface area contributed by atoms with Gasteiger partial charge in [-0.15, -0.1) is 0 Å². The van der Waals surface area contributed by atoms with Gasteiger partial charge in [0.25, 0.3) is 0 Å². The van der Waals surface area contributed by atoms with Crippen LogP contribution in [0.15, 0.2) is 66.5 Å². The summed E-state index contributed by atoms with van der Waals surface area (Å²) >= 11 is 0. The van der Waals surface area contributed by atoms with Gasteiger partial charge in [-0.1, -0.05) is 42.5 Å². The standard InChI is InChI=1S/C17H17FO/c1-14(12-18)10-16-8-5-9-17(11-16)19-13-15-6-3-2-4-7-15/h2-9,11-12H,10,13H2,1H3/b14-12-. The molecule has 0 bridgehead atoms. The number of allylic oxidation sites excluding steroid dienone is 1. The average Bonchev–Trinajstić information content (AvgIpc) is 2.46. The van der Waals surface area contributed by atoms with E-state index in [1.165, 1.54) is 0 Å². The summed E-state index contributed by atoms with van der Waals surface area (Å²) in [5.74, 6) is 0.813. The van der Waals surface area contributed by atoms with Gasteiger partial charge in [-0.3, -0.25) is 0 Å². The van der Waals surface area contributed by atoms with Crippen LogP contribution in [0.25, 0.3) is 0 Å². The predicted octanol–water partition coefficient (Wildman–Crippen LogP) is 4.68. The maximum absolute atomic E-state index is 12.3. The summed E-state index contributed by atoms with van der Waals surface area (Å²) in [6.07, 6.45) is 1.26. The molecular formula is C17H17FO. The number of halogens is 1. The van der Waals surface area contributed by atoms with Crippen LogP contribution in [0.1, 0.15) is 18.1 Å². The quantitative estimate of drug-likeness (QED) is 0.754. The number of hydrogen-bond donors (Lipinski definition) is 0. The smallest absolute Gasteiger partial charge is 0.120 e. The topological polar surface area (TPSA) is 9.23 Å². The van der Waals surface area contributed by atoms with Gasteiger partial charge in [0.1, 0.15) is 12.4 Å². The second kappa shape index (κ2) is 6.74. The Kier molecular flexibility index (Phi) is 4.73. The van der Waals surface area contributed by atoms with Gasteiger partial charge in [-0.25, -0.2) is 4.39 Å². The third kappa shape index (κ3) is 4.25. The molecule has 2 aromatic carbocycles. The van der Waals surface area contributed by atoms with E-state index in [0.717, 1.165) is 16.9 Å². The Morgan fingerprint density at radius 3 is 2.53 bits per heavy atom. The highest BCUT2D eigenvalue weighted by molar-refractivity contribution is 5.31. The summed E-state index contributed by atoms with van der Waals surface area (Å²) < 4.78 is 18.1. The fourth-order valence-corrected chi connectivity index (χ4v) is 1.85. The van der Waals surface area contributed by atoms with Crippen LogP contribution in [0.2, 0.25) is 0 Å². The van der Waals surface area contributed by atoms with Crippen LogP contribution in [0.5, 0.6) is 5.75 Å². The lowest BCUT2D eigenvalue weighted by Gasteiger charge is -2.08. The lowest BCUT2D eigenvalue weighted by atomic mass is 10.1. The Balaban J connectivity index is 1.99. The van der Waals surface area contributed by atoms with Crippen LogP contribution in [0, 0.1) is 0 Å². The van der Waals surface area contributed by atoms with Gasteiger partial charge in [-0.05, 0) is 42.2 Å². The predicted molar refractivity (Wildman–Crippen MR) is 75.8 cm³/mol. The maximum atomic E-state index is 12.3. The van der Waals surface area contributed by atoms with Crippen LogP contribution in [-0.4, -0.2) is 0 Å². The highest BCUT2D eigenvalue weighted by atomic mass is 19.1. The lowest BCUT2D eigenvalue weighted by Crippen LogP contribution is -1.96. The maximum Gasteiger partial charge on any atom is 0.120 e. The molecule has 2 heteroatoms. The molecule has 0 amide bonds. The summed E-state index contributed by atoms with van der Waals surface area (Å²) in [6, 6.07) is 17.8. The number of benzene rings is 2. The molecule has 0 aliphatic heterocycles. The van der Waals surface area contributed by atoms with Gasteiger partial charge in [0, 0.05) is 0 Å². The van der Waals surface area contributed by atoms with Gasteiger partial charge in [-0.2, -0.15) is 0 Å². The van der Waals surface area contributed by atoms with Crippen LogP contribution in [0.3, 0.4) is 0 Å². The SMILES string of the molecule is C/C(=C/F)Cc1cccc(OCc2ccccc2)c1. The van der Waals surface area contributed by atoms with Crippen molar-refractivity contribution < 1.29 is 9.13 Å². The van der Waals surface area contributed by atoms with E-state index in [-0.39, 0.29) is 0 Å². The van der Waals surface area contributed by atoms with Crippen molar-refractivity contribution in [1.82, 2.24) is 0 Å². The van der Waals surface area contributed by atoms with Crippen LogP contribution >= 0.6 is 0 Å². The second-order valence-corrected chi connectivity index (χ2v) is 4.55. The molecule has 0 aliphatic rings. The third-order valence-electron chi connectivity index (χ3n) is 2.82. The first-order chi connectivity index (χ1) is 9.28. The van der Waals surface area contributed by atoms with E-state index in [2.05, 4.69) is 0 Å². The zero-order valence-corrected chi connectivity index (χ0v) is 11.0. The van der Waals surface area contributed by atoms with Crippen LogP contribution in [0.4, 0.5) is 4.39 Å². The van der Waals surface area contributed by atoms with E-state index >= 15 is 0 Å². The molecule has 0 spiro atoms. The Morgan fingerprint density at radius 2 is 1.79 bits per heavy atom. The van der Waals surface area contributed by atoms with E-state index in [4.69, 9.17) is 4.74 Å². The summed E-state index contributed by atoms with van der Waals surface area (Å²) in [5.41, 5.74) is 2.89. The molecule has 98 valence electrons. The molecule has 1 nitrogen and oxygen atoms in total. The molecular weight excluding hydrogens is 239 g/mol. The van der Waals surface area contributed by atoms with Crippen molar-refractivity contribution in [1.29, 1.82) is 0 Å². The molecule has 2 aromatic rings. The number of hydrogen-bond acceptors (Lipinski definition) is 1. The Morgan fingerprint density at radius 1 is 1.05 bits per heavy atom. The largest absolute Gasteiger partial charge is 0.489 e. The number of ether oxygens (including phenoxy) is 1. The Bertz CT molecular complexity index is 546. The third-order valence-corrected chi connectivity index (χ3v) is 2.82. The fraction of sp³-hybridized carbons (Fsp3) is 0.176. The van der Waals surface area contributed by atoms with Gasteiger partial charge in [0.2, 0.25) is 0 Å². The van der Waals surface area contributed by atoms with Gasteiger partial charge in [0.05, 0.1) is 6.33 Å². The molecule has 0 N–H and O–H groups in total. The Hall–Kier alpha value is -2.09. The highest BCUT2D eigenvalue weighted by Crippen LogP contribution is 2.17. The van der Waals surface area contributed by atoms with E-state index < -0.39 is 0 Å². The number of rotatable bonds is 5. The zero-order valence-electron chi connectivity index (χ0n) is 11.0. The van der Waals surface area contributed by atoms with Crippen molar-refractivity contribution in [3.05, 3.63) is 77.6 Å². The summed E-state index contributed by atoms with van der Waals surface area (Å²) in [7, 11) is 0. The molecule has 0 aliphatic carbocycles. The fourth-order valence-electron chi connectivity index (χ4n) is 1.85. The normalized spacial score (nSPS) is 11.4. The molecule has 0 saturated carbocycles. The van der Waals surface area contributed by atoms with E-state index in [0.29, 0.717) is 24.9 Å². The molecule has 0 unspecified atom stereocenters. The van der Waals surface area contributed by atoms with Crippen LogP contribution in [-0.2, 0) is 13.0 Å². The van der Waals surface area contributed by atoms with E-state index in [1.807, 2.05) is 54.6 Å². The first-order valence-corrected chi connectivity index (χ1v) is 6.29. The summed E-state index contributed by atoms with van der Waals surface area (Å²) in [5, 5.41) is 0. The molecule has 0 radical (unpaired) electrons. The average molecular weight is 256 g/mol. The molecule has 0 heterocycles. The Labute approximate surface area is 113 Å². The molecule has 2 rings (SSSR count). The minimum Gasteiger partial charge on any atom is -0.489 e. The summed E-state index contributed by atoms with van der Waals surface area (Å²) in [4.78, 5) is 0. The molecule has 0 saturated heterocycles. The van der Waals surface area contributed by atoms with Gasteiger partial charge in [0.15, 0.2) is 0 Å². The summed E-state index contributed by atoms with van der Waals surface area (Å²) in [6.45, 7) is 2.32. The lowest BCUT2D eigenvalue weighted by molar-refractivity contribution is 0.306. The first kappa shape index (κ1) is 13.3. The minimum atomic E-state index is 0.544. The first-order valence-electron chi connectivity index (χ1n) is 6.29.